The van der Waals surface area contributed by atoms with E-state index in [1.807, 2.05) is 0 Å². The van der Waals surface area contributed by atoms with E-state index in [2.05, 4.69) is 106 Å². The maximum absolute atomic E-state index is 12.8. The second-order valence-electron chi connectivity index (χ2n) is 16.3. The quantitative estimate of drug-likeness (QED) is 0.0347. The van der Waals surface area contributed by atoms with Crippen LogP contribution in [0.2, 0.25) is 0 Å². The number of unbranched alkanes of at least 4 members (excludes halogenated alkanes) is 20. The first-order valence-corrected chi connectivity index (χ1v) is 25.1. The zero-order chi connectivity index (χ0) is 43.5. The maximum Gasteiger partial charge on any atom is 0.306 e. The van der Waals surface area contributed by atoms with Crippen molar-refractivity contribution >= 4 is 11.9 Å². The van der Waals surface area contributed by atoms with E-state index in [4.69, 9.17) is 14.2 Å². The Balaban J connectivity index is 4.31. The summed E-state index contributed by atoms with van der Waals surface area (Å²) in [6.07, 6.45) is 65.9. The number of hydrogen-bond acceptors (Lipinski definition) is 5. The lowest BCUT2D eigenvalue weighted by Gasteiger charge is -2.18. The van der Waals surface area contributed by atoms with E-state index in [9.17, 15) is 9.59 Å². The number of allylic oxidation sites excluding steroid dienone is 14. The molecular formula is C55H94O5. The lowest BCUT2D eigenvalue weighted by molar-refractivity contribution is -0.163. The number of ether oxygens (including phenoxy) is 3. The third kappa shape index (κ3) is 47.8. The zero-order valence-electron chi connectivity index (χ0n) is 39.5. The van der Waals surface area contributed by atoms with E-state index >= 15 is 0 Å². The van der Waals surface area contributed by atoms with Crippen molar-refractivity contribution in [2.24, 2.45) is 0 Å². The molecule has 0 aliphatic carbocycles. The van der Waals surface area contributed by atoms with Crippen LogP contribution in [0.15, 0.2) is 85.1 Å². The Kier molecular flexibility index (Phi) is 48.0. The molecule has 60 heavy (non-hydrogen) atoms. The summed E-state index contributed by atoms with van der Waals surface area (Å²) in [7, 11) is 0. The lowest BCUT2D eigenvalue weighted by Crippen LogP contribution is -2.30. The number of hydrogen-bond donors (Lipinski definition) is 0. The van der Waals surface area contributed by atoms with Gasteiger partial charge in [-0.1, -0.05) is 209 Å². The summed E-state index contributed by atoms with van der Waals surface area (Å²) in [4.78, 5) is 25.3. The minimum absolute atomic E-state index is 0.0666. The number of carbonyl (C=O) groups excluding carboxylic acids is 2. The second kappa shape index (κ2) is 50.4. The summed E-state index contributed by atoms with van der Waals surface area (Å²) < 4.78 is 17.4. The first-order valence-electron chi connectivity index (χ1n) is 25.1. The van der Waals surface area contributed by atoms with Gasteiger partial charge in [-0.3, -0.25) is 9.59 Å². The van der Waals surface area contributed by atoms with Gasteiger partial charge in [-0.2, -0.15) is 0 Å². The molecule has 0 amide bonds. The maximum atomic E-state index is 12.8. The van der Waals surface area contributed by atoms with Gasteiger partial charge < -0.3 is 14.2 Å². The fourth-order valence-electron chi connectivity index (χ4n) is 6.75. The van der Waals surface area contributed by atoms with E-state index in [0.29, 0.717) is 19.4 Å². The summed E-state index contributed by atoms with van der Waals surface area (Å²) >= 11 is 0. The van der Waals surface area contributed by atoms with Gasteiger partial charge in [0.1, 0.15) is 6.61 Å². The molecule has 5 heteroatoms. The molecule has 5 nitrogen and oxygen atoms in total. The average Bonchev–Trinajstić information content (AvgIpc) is 3.25. The van der Waals surface area contributed by atoms with E-state index < -0.39 is 6.10 Å². The van der Waals surface area contributed by atoms with Crippen molar-refractivity contribution in [3.05, 3.63) is 85.1 Å². The van der Waals surface area contributed by atoms with E-state index in [-0.39, 0.29) is 25.2 Å². The third-order valence-corrected chi connectivity index (χ3v) is 10.4. The molecule has 0 heterocycles. The van der Waals surface area contributed by atoms with Crippen LogP contribution in [-0.2, 0) is 23.8 Å². The van der Waals surface area contributed by atoms with Crippen LogP contribution in [0.4, 0.5) is 0 Å². The number of carbonyl (C=O) groups is 2. The van der Waals surface area contributed by atoms with Crippen molar-refractivity contribution in [1.82, 2.24) is 0 Å². The summed E-state index contributed by atoms with van der Waals surface area (Å²) in [5, 5.41) is 0. The molecule has 1 unspecified atom stereocenters. The van der Waals surface area contributed by atoms with Crippen molar-refractivity contribution in [3.63, 3.8) is 0 Å². The second-order valence-corrected chi connectivity index (χ2v) is 16.3. The van der Waals surface area contributed by atoms with Gasteiger partial charge in [0.05, 0.1) is 6.61 Å². The molecule has 0 aliphatic heterocycles. The van der Waals surface area contributed by atoms with Gasteiger partial charge in [0.2, 0.25) is 0 Å². The zero-order valence-corrected chi connectivity index (χ0v) is 39.5. The monoisotopic (exact) mass is 835 g/mol. The molecule has 344 valence electrons. The van der Waals surface area contributed by atoms with Crippen LogP contribution in [0.25, 0.3) is 0 Å². The Labute approximate surface area is 371 Å². The van der Waals surface area contributed by atoms with Crippen molar-refractivity contribution in [2.75, 3.05) is 19.8 Å². The minimum atomic E-state index is -0.554. The van der Waals surface area contributed by atoms with Crippen molar-refractivity contribution < 1.29 is 23.8 Å². The largest absolute Gasteiger partial charge is 0.462 e. The minimum Gasteiger partial charge on any atom is -0.462 e. The first kappa shape index (κ1) is 57.1. The SMILES string of the molecule is CC/C=C\C/C=C\C/C=C\C/C=C\CCCCCCCOCC(COC(=O)CCCCCCC/C=C\C/C=C\C/C=C\CC)OC(=O)CCCCCCCCCCCCC. The highest BCUT2D eigenvalue weighted by molar-refractivity contribution is 5.70. The van der Waals surface area contributed by atoms with Crippen LogP contribution in [-0.4, -0.2) is 37.9 Å². The van der Waals surface area contributed by atoms with E-state index in [0.717, 1.165) is 103 Å². The normalized spacial score (nSPS) is 12.9. The highest BCUT2D eigenvalue weighted by Gasteiger charge is 2.17. The Morgan fingerprint density at radius 2 is 0.750 bits per heavy atom. The van der Waals surface area contributed by atoms with Crippen LogP contribution < -0.4 is 0 Å². The molecule has 0 saturated heterocycles. The van der Waals surface area contributed by atoms with Gasteiger partial charge in [-0.25, -0.2) is 0 Å². The van der Waals surface area contributed by atoms with Crippen molar-refractivity contribution in [2.45, 2.75) is 232 Å². The van der Waals surface area contributed by atoms with Crippen LogP contribution in [0, 0.1) is 0 Å². The molecular weight excluding hydrogens is 741 g/mol. The molecule has 1 atom stereocenters. The molecule has 0 aliphatic rings. The van der Waals surface area contributed by atoms with Crippen LogP contribution in [0.3, 0.4) is 0 Å². The molecule has 0 fully saturated rings. The molecule has 0 aromatic rings. The highest BCUT2D eigenvalue weighted by Crippen LogP contribution is 2.14. The fraction of sp³-hybridized carbons (Fsp3) is 0.709. The predicted octanol–water partition coefficient (Wildman–Crippen LogP) is 16.9. The Bertz CT molecular complexity index is 1130. The van der Waals surface area contributed by atoms with E-state index in [1.54, 1.807) is 0 Å². The smallest absolute Gasteiger partial charge is 0.306 e. The lowest BCUT2D eigenvalue weighted by atomic mass is 10.1. The highest BCUT2D eigenvalue weighted by atomic mass is 16.6. The van der Waals surface area contributed by atoms with Crippen molar-refractivity contribution in [1.29, 1.82) is 0 Å². The Hall–Kier alpha value is -2.92. The summed E-state index contributed by atoms with van der Waals surface area (Å²) in [6.45, 7) is 7.54. The summed E-state index contributed by atoms with van der Waals surface area (Å²) in [5.41, 5.74) is 0. The molecule has 0 N–H and O–H groups in total. The van der Waals surface area contributed by atoms with E-state index in [1.165, 1.54) is 89.9 Å². The average molecular weight is 835 g/mol. The Morgan fingerprint density at radius 3 is 1.20 bits per heavy atom. The van der Waals surface area contributed by atoms with Crippen LogP contribution in [0.1, 0.15) is 226 Å². The molecule has 0 saturated carbocycles. The van der Waals surface area contributed by atoms with Crippen LogP contribution in [0.5, 0.6) is 0 Å². The topological polar surface area (TPSA) is 61.8 Å². The molecule has 0 radical (unpaired) electrons. The number of rotatable bonds is 45. The van der Waals surface area contributed by atoms with Gasteiger partial charge in [-0.05, 0) is 89.9 Å². The van der Waals surface area contributed by atoms with Gasteiger partial charge in [-0.15, -0.1) is 0 Å². The molecule has 0 aromatic heterocycles. The molecule has 0 spiro atoms. The predicted molar refractivity (Wildman–Crippen MR) is 260 cm³/mol. The molecule has 0 aromatic carbocycles. The van der Waals surface area contributed by atoms with Crippen molar-refractivity contribution in [3.8, 4) is 0 Å². The van der Waals surface area contributed by atoms with Crippen LogP contribution >= 0.6 is 0 Å². The molecule has 0 rings (SSSR count). The standard InChI is InChI=1S/C55H94O5/c1-4-7-10-13-16-19-22-24-26-27-28-30-32-35-38-41-44-47-50-58-51-53(60-55(57)49-46-43-40-37-33-21-18-15-12-9-6-3)52-59-54(56)48-45-42-39-36-34-31-29-25-23-20-17-14-11-8-5-2/h7-8,10-11,16-17,19-20,24-26,28-30,53H,4-6,9,12-15,18,21-23,27,31-52H2,1-3H3/b10-7-,11-8-,19-16-,20-17-,26-24-,29-25-,30-28-. The third-order valence-electron chi connectivity index (χ3n) is 10.4. The van der Waals surface area contributed by atoms with Gasteiger partial charge in [0, 0.05) is 19.4 Å². The Morgan fingerprint density at radius 1 is 0.383 bits per heavy atom. The van der Waals surface area contributed by atoms with Gasteiger partial charge in [0.25, 0.3) is 0 Å². The summed E-state index contributed by atoms with van der Waals surface area (Å²) in [5.74, 6) is -0.428. The molecule has 0 bridgehead atoms. The van der Waals surface area contributed by atoms with Gasteiger partial charge >= 0.3 is 11.9 Å². The summed E-state index contributed by atoms with van der Waals surface area (Å²) in [6, 6.07) is 0. The fourth-order valence-corrected chi connectivity index (χ4v) is 6.75. The first-order chi connectivity index (χ1) is 29.6. The number of esters is 2. The van der Waals surface area contributed by atoms with Gasteiger partial charge in [0.15, 0.2) is 6.10 Å².